The molecule has 2 N–H and O–H groups in total. The fourth-order valence-electron chi connectivity index (χ4n) is 1.84. The molecule has 5 nitrogen and oxygen atoms in total. The zero-order valence-electron chi connectivity index (χ0n) is 12.3. The van der Waals surface area contributed by atoms with Crippen LogP contribution in [-0.4, -0.2) is 23.6 Å². The van der Waals surface area contributed by atoms with Crippen molar-refractivity contribution in [3.63, 3.8) is 0 Å². The molecule has 122 valence electrons. The summed E-state index contributed by atoms with van der Waals surface area (Å²) in [5, 5.41) is 13.3. The number of amides is 1. The Labute approximate surface area is 146 Å². The summed E-state index contributed by atoms with van der Waals surface area (Å²) in [5.74, 6) is -0.246. The number of thiophene rings is 1. The number of ether oxygens (including phenoxy) is 1. The molecule has 2 rings (SSSR count). The van der Waals surface area contributed by atoms with Gasteiger partial charge in [0.2, 0.25) is 0 Å². The molecule has 0 aliphatic heterocycles. The van der Waals surface area contributed by atoms with Gasteiger partial charge in [0, 0.05) is 17.4 Å². The normalized spacial score (nSPS) is 10.3. The minimum Gasteiger partial charge on any atom is -0.494 e. The number of benzene rings is 1. The van der Waals surface area contributed by atoms with E-state index in [-0.39, 0.29) is 12.3 Å². The molecular formula is C16H16BrNO4S. The lowest BCUT2D eigenvalue weighted by Gasteiger charge is -2.07. The quantitative estimate of drug-likeness (QED) is 0.666. The number of carboxylic acids is 1. The van der Waals surface area contributed by atoms with Crippen LogP contribution in [0, 0.1) is 0 Å². The summed E-state index contributed by atoms with van der Waals surface area (Å²) in [4.78, 5) is 23.0. The van der Waals surface area contributed by atoms with E-state index in [2.05, 4.69) is 21.2 Å². The summed E-state index contributed by atoms with van der Waals surface area (Å²) < 4.78 is 6.25. The second-order valence-corrected chi connectivity index (χ2v) is 6.54. The molecular weight excluding hydrogens is 382 g/mol. The fourth-order valence-corrected chi connectivity index (χ4v) is 3.30. The molecule has 2 aromatic rings. The van der Waals surface area contributed by atoms with Gasteiger partial charge in [-0.15, -0.1) is 11.3 Å². The van der Waals surface area contributed by atoms with E-state index < -0.39 is 5.97 Å². The minimum absolute atomic E-state index is 0.0996. The maximum absolute atomic E-state index is 12.0. The average molecular weight is 398 g/mol. The van der Waals surface area contributed by atoms with Crippen molar-refractivity contribution in [2.75, 3.05) is 6.61 Å². The summed E-state index contributed by atoms with van der Waals surface area (Å²) in [6, 6.07) is 9.20. The van der Waals surface area contributed by atoms with Crippen molar-refractivity contribution < 1.29 is 19.4 Å². The van der Waals surface area contributed by atoms with E-state index in [1.54, 1.807) is 0 Å². The Balaban J connectivity index is 1.77. The Morgan fingerprint density at radius 3 is 2.57 bits per heavy atom. The minimum atomic E-state index is -0.822. The third kappa shape index (κ3) is 5.69. The van der Waals surface area contributed by atoms with E-state index in [1.807, 2.05) is 35.7 Å². The standard InChI is InChI=1S/C16H16BrNO4S/c17-13-7-9-23-15(13)16(21)18-10-11-3-5-12(6-4-11)22-8-1-2-14(19)20/h3-7,9H,1-2,8,10H2,(H,18,21)(H,19,20). The first-order valence-electron chi connectivity index (χ1n) is 7.01. The molecule has 1 aromatic heterocycles. The molecule has 1 aromatic carbocycles. The second-order valence-electron chi connectivity index (χ2n) is 4.77. The van der Waals surface area contributed by atoms with Crippen LogP contribution in [0.2, 0.25) is 0 Å². The number of hydrogen-bond acceptors (Lipinski definition) is 4. The molecule has 0 radical (unpaired) electrons. The van der Waals surface area contributed by atoms with Crippen molar-refractivity contribution in [2.24, 2.45) is 0 Å². The lowest BCUT2D eigenvalue weighted by Crippen LogP contribution is -2.22. The van der Waals surface area contributed by atoms with Crippen molar-refractivity contribution in [1.82, 2.24) is 5.32 Å². The summed E-state index contributed by atoms with van der Waals surface area (Å²) in [5.41, 5.74) is 0.962. The largest absolute Gasteiger partial charge is 0.494 e. The van der Waals surface area contributed by atoms with E-state index in [9.17, 15) is 9.59 Å². The molecule has 0 aliphatic carbocycles. The predicted molar refractivity (Wildman–Crippen MR) is 92.0 cm³/mol. The number of nitrogens with one attached hydrogen (secondary N) is 1. The van der Waals surface area contributed by atoms with Crippen molar-refractivity contribution in [1.29, 1.82) is 0 Å². The summed E-state index contributed by atoms with van der Waals surface area (Å²) in [7, 11) is 0. The number of carbonyl (C=O) groups excluding carboxylic acids is 1. The van der Waals surface area contributed by atoms with E-state index in [4.69, 9.17) is 9.84 Å². The SMILES string of the molecule is O=C(O)CCCOc1ccc(CNC(=O)c2sccc2Br)cc1. The Bertz CT molecular complexity index is 669. The predicted octanol–water partition coefficient (Wildman–Crippen LogP) is 3.68. The third-order valence-electron chi connectivity index (χ3n) is 3.00. The summed E-state index contributed by atoms with van der Waals surface area (Å²) >= 11 is 4.73. The van der Waals surface area contributed by atoms with Gasteiger partial charge in [0.1, 0.15) is 10.6 Å². The van der Waals surface area contributed by atoms with E-state index in [0.717, 1.165) is 10.0 Å². The van der Waals surface area contributed by atoms with Crippen LogP contribution in [0.3, 0.4) is 0 Å². The van der Waals surface area contributed by atoms with Gasteiger partial charge in [0.15, 0.2) is 0 Å². The zero-order valence-corrected chi connectivity index (χ0v) is 14.7. The fraction of sp³-hybridized carbons (Fsp3) is 0.250. The Morgan fingerprint density at radius 2 is 1.96 bits per heavy atom. The summed E-state index contributed by atoms with van der Waals surface area (Å²) in [6.45, 7) is 0.803. The van der Waals surface area contributed by atoms with Gasteiger partial charge < -0.3 is 15.2 Å². The van der Waals surface area contributed by atoms with Crippen molar-refractivity contribution in [3.8, 4) is 5.75 Å². The number of rotatable bonds is 8. The van der Waals surface area contributed by atoms with Crippen molar-refractivity contribution in [2.45, 2.75) is 19.4 Å². The van der Waals surface area contributed by atoms with E-state index in [1.165, 1.54) is 11.3 Å². The van der Waals surface area contributed by atoms with Crippen molar-refractivity contribution >= 4 is 39.1 Å². The second kappa shape index (κ2) is 8.69. The highest BCUT2D eigenvalue weighted by Crippen LogP contribution is 2.22. The van der Waals surface area contributed by atoms with Crippen LogP contribution in [-0.2, 0) is 11.3 Å². The van der Waals surface area contributed by atoms with Crippen LogP contribution >= 0.6 is 27.3 Å². The molecule has 7 heteroatoms. The smallest absolute Gasteiger partial charge is 0.303 e. The molecule has 0 bridgehead atoms. The van der Waals surface area contributed by atoms with E-state index in [0.29, 0.717) is 30.2 Å². The number of aliphatic carboxylic acids is 1. The highest BCUT2D eigenvalue weighted by atomic mass is 79.9. The number of hydrogen-bond donors (Lipinski definition) is 2. The Hall–Kier alpha value is -1.86. The van der Waals surface area contributed by atoms with Crippen molar-refractivity contribution in [3.05, 3.63) is 50.6 Å². The van der Waals surface area contributed by atoms with Gasteiger partial charge in [-0.2, -0.15) is 0 Å². The highest BCUT2D eigenvalue weighted by Gasteiger charge is 2.10. The first-order valence-corrected chi connectivity index (χ1v) is 8.68. The molecule has 1 amide bonds. The van der Waals surface area contributed by atoms with Gasteiger partial charge in [-0.3, -0.25) is 9.59 Å². The Morgan fingerprint density at radius 1 is 1.22 bits per heavy atom. The maximum Gasteiger partial charge on any atom is 0.303 e. The molecule has 1 heterocycles. The Kier molecular flexibility index (Phi) is 6.61. The van der Waals surface area contributed by atoms with Gasteiger partial charge in [0.25, 0.3) is 5.91 Å². The monoisotopic (exact) mass is 397 g/mol. The van der Waals surface area contributed by atoms with Gasteiger partial charge in [0.05, 0.1) is 6.61 Å². The topological polar surface area (TPSA) is 75.6 Å². The lowest BCUT2D eigenvalue weighted by molar-refractivity contribution is -0.137. The molecule has 0 atom stereocenters. The molecule has 23 heavy (non-hydrogen) atoms. The number of carboxylic acid groups (broad SMARTS) is 1. The molecule has 0 fully saturated rings. The first kappa shape index (κ1) is 17.5. The van der Waals surface area contributed by atoms with Gasteiger partial charge in [-0.25, -0.2) is 0 Å². The van der Waals surface area contributed by atoms with Crippen LogP contribution in [0.1, 0.15) is 28.1 Å². The van der Waals surface area contributed by atoms with Gasteiger partial charge in [-0.1, -0.05) is 12.1 Å². The lowest BCUT2D eigenvalue weighted by atomic mass is 10.2. The van der Waals surface area contributed by atoms with Gasteiger partial charge >= 0.3 is 5.97 Å². The average Bonchev–Trinajstić information content (AvgIpc) is 2.96. The maximum atomic E-state index is 12.0. The summed E-state index contributed by atoms with van der Waals surface area (Å²) in [6.07, 6.45) is 0.575. The molecule has 0 saturated heterocycles. The van der Waals surface area contributed by atoms with Crippen LogP contribution in [0.5, 0.6) is 5.75 Å². The van der Waals surface area contributed by atoms with Crippen LogP contribution in [0.4, 0.5) is 0 Å². The third-order valence-corrected chi connectivity index (χ3v) is 4.84. The van der Waals surface area contributed by atoms with Crippen LogP contribution in [0.15, 0.2) is 40.2 Å². The number of carbonyl (C=O) groups is 2. The molecule has 0 spiro atoms. The van der Waals surface area contributed by atoms with Crippen LogP contribution < -0.4 is 10.1 Å². The van der Waals surface area contributed by atoms with E-state index >= 15 is 0 Å². The first-order chi connectivity index (χ1) is 11.1. The zero-order chi connectivity index (χ0) is 16.7. The van der Waals surface area contributed by atoms with Gasteiger partial charge in [-0.05, 0) is 51.5 Å². The molecule has 0 saturated carbocycles. The molecule has 0 aliphatic rings. The molecule has 0 unspecified atom stereocenters. The number of halogens is 1. The highest BCUT2D eigenvalue weighted by molar-refractivity contribution is 9.10. The van der Waals surface area contributed by atoms with Crippen LogP contribution in [0.25, 0.3) is 0 Å².